The molecule has 8 heteroatoms. The maximum atomic E-state index is 9.70. The molecule has 0 spiro atoms. The fraction of sp³-hybridized carbons (Fsp3) is 0.250. The van der Waals surface area contributed by atoms with Gasteiger partial charge in [0.05, 0.1) is 0 Å². The molecule has 0 amide bonds. The third kappa shape index (κ3) is 8.42. The first-order valence-electron chi connectivity index (χ1n) is 25.1. The lowest BCUT2D eigenvalue weighted by atomic mass is 9.85. The van der Waals surface area contributed by atoms with Crippen LogP contribution in [0.2, 0.25) is 0 Å². The molecule has 0 unspecified atom stereocenters. The van der Waals surface area contributed by atoms with Crippen molar-refractivity contribution in [2.24, 2.45) is 20.7 Å². The van der Waals surface area contributed by atoms with E-state index in [2.05, 4.69) is 220 Å². The lowest BCUT2D eigenvalue weighted by Crippen LogP contribution is -2.16. The van der Waals surface area contributed by atoms with Crippen molar-refractivity contribution in [3.63, 3.8) is 0 Å². The smallest absolute Gasteiger partial charge is 0.152 e. The number of nitrogens with zero attached hydrogens (tertiary/aromatic N) is 3. The van der Waals surface area contributed by atoms with Gasteiger partial charge >= 0.3 is 0 Å². The summed E-state index contributed by atoms with van der Waals surface area (Å²) in [5, 5.41) is 26.0. The van der Waals surface area contributed by atoms with Crippen LogP contribution in [0.5, 0.6) is 0 Å². The van der Waals surface area contributed by atoms with Gasteiger partial charge in [-0.25, -0.2) is 15.0 Å². The van der Waals surface area contributed by atoms with Gasteiger partial charge in [-0.2, -0.15) is 0 Å². The van der Waals surface area contributed by atoms with Crippen LogP contribution in [0.3, 0.4) is 0 Å². The third-order valence-corrected chi connectivity index (χ3v) is 14.6. The van der Waals surface area contributed by atoms with Crippen LogP contribution in [-0.2, 0) is 21.7 Å². The van der Waals surface area contributed by atoms with E-state index in [1.807, 2.05) is 6.21 Å². The van der Waals surface area contributed by atoms with Gasteiger partial charge in [0.15, 0.2) is 5.84 Å². The van der Waals surface area contributed by atoms with Crippen molar-refractivity contribution in [2.75, 3.05) is 5.32 Å². The van der Waals surface area contributed by atoms with Gasteiger partial charge in [-0.1, -0.05) is 156 Å². The molecule has 11 rings (SSSR count). The highest BCUT2D eigenvalue weighted by molar-refractivity contribution is 6.17. The Labute approximate surface area is 422 Å². The highest BCUT2D eigenvalue weighted by atomic mass is 15.1. The Morgan fingerprint density at radius 1 is 0.389 bits per heavy atom. The van der Waals surface area contributed by atoms with Crippen LogP contribution in [0.1, 0.15) is 128 Å². The van der Waals surface area contributed by atoms with Crippen molar-refractivity contribution in [2.45, 2.75) is 105 Å². The number of fused-ring (bicyclic) bond motifs is 16. The van der Waals surface area contributed by atoms with E-state index >= 15 is 0 Å². The molecule has 360 valence electrons. The molecule has 72 heavy (non-hydrogen) atoms. The van der Waals surface area contributed by atoms with E-state index in [9.17, 15) is 5.41 Å². The molecule has 8 nitrogen and oxygen atoms in total. The van der Waals surface area contributed by atoms with Crippen molar-refractivity contribution in [1.82, 2.24) is 9.97 Å². The van der Waals surface area contributed by atoms with Gasteiger partial charge in [-0.15, -0.1) is 0 Å². The molecule has 0 saturated carbocycles. The number of nitrogens with one attached hydrogen (secondary N) is 4. The van der Waals surface area contributed by atoms with Crippen molar-refractivity contribution in [3.05, 3.63) is 166 Å². The molecule has 0 saturated heterocycles. The molecule has 10 aromatic rings. The SMILES string of the molecule is CC(C)(C)c1ccc2cc3c(cc2c1)C=Nc1[nH]c(c2cc4cc(C(C)(C)C)ccc4cc12)Nc1[nH]c(c2cc4cc(C(C)(C)C)ccc4cc12)N=C(N)c1cc2ccc(C(C)(C)C)cc2cc1C=NC3=N. The van der Waals surface area contributed by atoms with Crippen LogP contribution in [0.15, 0.2) is 136 Å². The first kappa shape index (κ1) is 46.5. The van der Waals surface area contributed by atoms with Crippen molar-refractivity contribution in [1.29, 1.82) is 5.41 Å². The lowest BCUT2D eigenvalue weighted by Gasteiger charge is -2.20. The average molecular weight is 945 g/mol. The zero-order valence-corrected chi connectivity index (χ0v) is 43.6. The Bertz CT molecular complexity index is 4010. The standard InChI is InChI=1S/C64H64N8/c1-61(2,3)45-17-13-35-27-49-44(22-40(35)24-45)34-68-57-51-29-37-15-19-47(63(7,8)9)25-41(37)31-53(51)59(70-57)72-60-52-30-38-16-20-48(64(10,11)12)26-42(38)32-54(52)58(71-60)69-56(66)50-28-36-14-18-46(62(4,5)6)23-39(36)21-43(50)33-67-55(49)65/h13-34,65,70-72H,1-12H3,(H2,66,69). The minimum atomic E-state index is -0.0532. The highest BCUT2D eigenvalue weighted by Gasteiger charge is 2.23. The number of hydrogen-bond donors (Lipinski definition) is 5. The van der Waals surface area contributed by atoms with E-state index in [4.69, 9.17) is 20.7 Å². The third-order valence-electron chi connectivity index (χ3n) is 14.6. The van der Waals surface area contributed by atoms with Crippen molar-refractivity contribution in [3.8, 4) is 0 Å². The zero-order chi connectivity index (χ0) is 50.8. The summed E-state index contributed by atoms with van der Waals surface area (Å²) in [5.74, 6) is 3.30. The second-order valence-electron chi connectivity index (χ2n) is 24.1. The summed E-state index contributed by atoms with van der Waals surface area (Å²) >= 11 is 0. The maximum absolute atomic E-state index is 9.70. The Balaban J connectivity index is 1.20. The molecular formula is C64H64N8. The molecule has 1 aliphatic heterocycles. The minimum absolute atomic E-state index is 0.0238. The predicted octanol–water partition coefficient (Wildman–Crippen LogP) is 16.7. The van der Waals surface area contributed by atoms with Crippen LogP contribution in [-0.4, -0.2) is 34.1 Å². The van der Waals surface area contributed by atoms with Gasteiger partial charge in [0.2, 0.25) is 0 Å². The van der Waals surface area contributed by atoms with Crippen molar-refractivity contribution < 1.29 is 0 Å². The number of hydrogen-bond acceptors (Lipinski definition) is 5. The zero-order valence-electron chi connectivity index (χ0n) is 43.6. The molecule has 8 aromatic carbocycles. The highest BCUT2D eigenvalue weighted by Crippen LogP contribution is 2.43. The minimum Gasteiger partial charge on any atom is -0.383 e. The molecule has 2 aromatic heterocycles. The van der Waals surface area contributed by atoms with Crippen LogP contribution < -0.4 is 11.1 Å². The maximum Gasteiger partial charge on any atom is 0.152 e. The second kappa shape index (κ2) is 16.4. The Morgan fingerprint density at radius 3 is 1.24 bits per heavy atom. The number of aromatic amines is 2. The van der Waals surface area contributed by atoms with E-state index < -0.39 is 0 Å². The topological polar surface area (TPSA) is 131 Å². The molecule has 0 fully saturated rings. The summed E-state index contributed by atoms with van der Waals surface area (Å²) in [6.45, 7) is 26.8. The van der Waals surface area contributed by atoms with Crippen LogP contribution in [0.4, 0.5) is 23.3 Å². The number of H-pyrrole nitrogens is 2. The summed E-state index contributed by atoms with van der Waals surface area (Å²) in [4.78, 5) is 23.0. The normalized spacial score (nSPS) is 14.0. The molecular weight excluding hydrogens is 881 g/mol. The lowest BCUT2D eigenvalue weighted by molar-refractivity contribution is 0.591. The van der Waals surface area contributed by atoms with E-state index in [0.717, 1.165) is 87.4 Å². The summed E-state index contributed by atoms with van der Waals surface area (Å²) in [5.41, 5.74) is 15.0. The number of benzene rings is 8. The summed E-state index contributed by atoms with van der Waals surface area (Å²) in [7, 11) is 0. The fourth-order valence-electron chi connectivity index (χ4n) is 10.1. The summed E-state index contributed by atoms with van der Waals surface area (Å²) in [6.07, 6.45) is 3.65. The van der Waals surface area contributed by atoms with Gasteiger partial charge in [0.1, 0.15) is 29.1 Å². The molecule has 1 aliphatic rings. The summed E-state index contributed by atoms with van der Waals surface area (Å²) in [6, 6.07) is 44.0. The molecule has 4 bridgehead atoms. The molecule has 0 atom stereocenters. The molecule has 6 N–H and O–H groups in total. The summed E-state index contributed by atoms with van der Waals surface area (Å²) < 4.78 is 0. The predicted molar refractivity (Wildman–Crippen MR) is 310 cm³/mol. The largest absolute Gasteiger partial charge is 0.383 e. The van der Waals surface area contributed by atoms with Crippen LogP contribution >= 0.6 is 0 Å². The fourth-order valence-corrected chi connectivity index (χ4v) is 10.1. The number of aromatic nitrogens is 2. The Hall–Kier alpha value is -7.84. The van der Waals surface area contributed by atoms with Gasteiger partial charge < -0.3 is 21.0 Å². The molecule has 0 radical (unpaired) electrons. The Kier molecular flexibility index (Phi) is 10.6. The second-order valence-corrected chi connectivity index (χ2v) is 24.1. The quantitative estimate of drug-likeness (QED) is 0.104. The number of nitrogens with two attached hydrogens (primary N) is 1. The number of anilines is 2. The molecule has 3 heterocycles. The van der Waals surface area contributed by atoms with Gasteiger partial charge in [-0.05, 0) is 136 Å². The van der Waals surface area contributed by atoms with Gasteiger partial charge in [0.25, 0.3) is 0 Å². The van der Waals surface area contributed by atoms with Crippen molar-refractivity contribution >= 4 is 112 Å². The average Bonchev–Trinajstić information content (AvgIpc) is 3.82. The monoisotopic (exact) mass is 945 g/mol. The molecule has 0 aliphatic carbocycles. The van der Waals surface area contributed by atoms with Crippen LogP contribution in [0, 0.1) is 5.41 Å². The first-order valence-corrected chi connectivity index (χ1v) is 25.1. The van der Waals surface area contributed by atoms with Gasteiger partial charge in [0, 0.05) is 56.2 Å². The number of amidine groups is 2. The van der Waals surface area contributed by atoms with E-state index in [1.54, 1.807) is 6.21 Å². The first-order chi connectivity index (χ1) is 33.9. The number of rotatable bonds is 0. The van der Waals surface area contributed by atoms with E-state index in [1.165, 1.54) is 22.3 Å². The van der Waals surface area contributed by atoms with E-state index in [0.29, 0.717) is 28.6 Å². The number of aliphatic imine (C=N–C) groups is 3. The Morgan fingerprint density at radius 2 is 0.750 bits per heavy atom. The van der Waals surface area contributed by atoms with Gasteiger partial charge in [-0.3, -0.25) is 5.41 Å². The van der Waals surface area contributed by atoms with Crippen LogP contribution in [0.25, 0.3) is 64.6 Å². The van der Waals surface area contributed by atoms with E-state index in [-0.39, 0.29) is 27.5 Å².